The molecule has 1 saturated carbocycles. The second kappa shape index (κ2) is 6.21. The molecule has 0 heterocycles. The van der Waals surface area contributed by atoms with E-state index in [9.17, 15) is 0 Å². The molecule has 0 aliphatic heterocycles. The van der Waals surface area contributed by atoms with Crippen molar-refractivity contribution in [1.82, 2.24) is 0 Å². The fourth-order valence-corrected chi connectivity index (χ4v) is 2.09. The van der Waals surface area contributed by atoms with E-state index in [1.165, 1.54) is 12.8 Å². The molecule has 1 aliphatic rings. The molecule has 0 saturated heterocycles. The molecule has 1 fully saturated rings. The van der Waals surface area contributed by atoms with E-state index < -0.39 is 0 Å². The van der Waals surface area contributed by atoms with Gasteiger partial charge >= 0.3 is 0 Å². The van der Waals surface area contributed by atoms with Crippen molar-refractivity contribution in [3.8, 4) is 5.75 Å². The quantitative estimate of drug-likeness (QED) is 0.807. The SMILES string of the molecule is CCCC(OC)C(N)c1ccc(OC2CC2)cc1. The molecule has 100 valence electrons. The first-order chi connectivity index (χ1) is 8.74. The number of nitrogens with two attached hydrogens (primary N) is 1. The molecule has 2 N–H and O–H groups in total. The summed E-state index contributed by atoms with van der Waals surface area (Å²) in [7, 11) is 1.73. The summed E-state index contributed by atoms with van der Waals surface area (Å²) in [6, 6.07) is 8.04. The van der Waals surface area contributed by atoms with E-state index >= 15 is 0 Å². The highest BCUT2D eigenvalue weighted by atomic mass is 16.5. The van der Waals surface area contributed by atoms with Gasteiger partial charge in [-0.15, -0.1) is 0 Å². The van der Waals surface area contributed by atoms with E-state index in [1.807, 2.05) is 24.3 Å². The van der Waals surface area contributed by atoms with E-state index in [2.05, 4.69) is 6.92 Å². The van der Waals surface area contributed by atoms with E-state index in [4.69, 9.17) is 15.2 Å². The smallest absolute Gasteiger partial charge is 0.119 e. The van der Waals surface area contributed by atoms with Crippen molar-refractivity contribution in [3.63, 3.8) is 0 Å². The second-order valence-corrected chi connectivity index (χ2v) is 4.97. The maximum absolute atomic E-state index is 6.23. The lowest BCUT2D eigenvalue weighted by Gasteiger charge is -2.22. The van der Waals surface area contributed by atoms with E-state index in [1.54, 1.807) is 7.11 Å². The average molecular weight is 249 g/mol. The van der Waals surface area contributed by atoms with Crippen LogP contribution in [-0.2, 0) is 4.74 Å². The summed E-state index contributed by atoms with van der Waals surface area (Å²) < 4.78 is 11.2. The summed E-state index contributed by atoms with van der Waals surface area (Å²) in [6.07, 6.45) is 4.96. The van der Waals surface area contributed by atoms with Gasteiger partial charge in [-0.1, -0.05) is 25.5 Å². The fraction of sp³-hybridized carbons (Fsp3) is 0.600. The third kappa shape index (κ3) is 3.47. The van der Waals surface area contributed by atoms with Gasteiger partial charge in [0, 0.05) is 7.11 Å². The molecule has 3 heteroatoms. The molecule has 0 bridgehead atoms. The predicted octanol–water partition coefficient (Wildman–Crippen LogP) is 3.04. The van der Waals surface area contributed by atoms with Crippen LogP contribution >= 0.6 is 0 Å². The average Bonchev–Trinajstić information content (AvgIpc) is 3.20. The van der Waals surface area contributed by atoms with Crippen LogP contribution in [0.1, 0.15) is 44.2 Å². The monoisotopic (exact) mass is 249 g/mol. The summed E-state index contributed by atoms with van der Waals surface area (Å²) in [5.41, 5.74) is 7.34. The van der Waals surface area contributed by atoms with Gasteiger partial charge in [0.1, 0.15) is 5.75 Å². The number of benzene rings is 1. The molecule has 0 spiro atoms. The molecule has 1 aromatic rings. The fourth-order valence-electron chi connectivity index (χ4n) is 2.09. The maximum Gasteiger partial charge on any atom is 0.119 e. The largest absolute Gasteiger partial charge is 0.490 e. The van der Waals surface area contributed by atoms with Gasteiger partial charge in [0.05, 0.1) is 18.2 Å². The van der Waals surface area contributed by atoms with Crippen molar-refractivity contribution in [2.24, 2.45) is 5.73 Å². The van der Waals surface area contributed by atoms with E-state index in [0.717, 1.165) is 24.2 Å². The molecule has 2 unspecified atom stereocenters. The van der Waals surface area contributed by atoms with Gasteiger partial charge in [-0.05, 0) is 37.0 Å². The Balaban J connectivity index is 1.97. The zero-order valence-electron chi connectivity index (χ0n) is 11.3. The highest BCUT2D eigenvalue weighted by Gasteiger charge is 2.23. The molecule has 1 aromatic carbocycles. The minimum absolute atomic E-state index is 0.0649. The first kappa shape index (κ1) is 13.4. The van der Waals surface area contributed by atoms with Crippen LogP contribution in [0, 0.1) is 0 Å². The minimum Gasteiger partial charge on any atom is -0.490 e. The Bertz CT molecular complexity index is 359. The molecule has 2 atom stereocenters. The minimum atomic E-state index is -0.0649. The third-order valence-corrected chi connectivity index (χ3v) is 3.37. The van der Waals surface area contributed by atoms with Gasteiger partial charge in [0.2, 0.25) is 0 Å². The number of methoxy groups -OCH3 is 1. The van der Waals surface area contributed by atoms with Crippen LogP contribution in [0.25, 0.3) is 0 Å². The summed E-state index contributed by atoms with van der Waals surface area (Å²) in [6.45, 7) is 2.14. The number of hydrogen-bond acceptors (Lipinski definition) is 3. The lowest BCUT2D eigenvalue weighted by atomic mass is 9.99. The first-order valence-corrected chi connectivity index (χ1v) is 6.79. The highest BCUT2D eigenvalue weighted by molar-refractivity contribution is 5.30. The second-order valence-electron chi connectivity index (χ2n) is 4.97. The molecular formula is C15H23NO2. The summed E-state index contributed by atoms with van der Waals surface area (Å²) >= 11 is 0. The van der Waals surface area contributed by atoms with E-state index in [0.29, 0.717) is 6.10 Å². The van der Waals surface area contributed by atoms with Crippen LogP contribution in [0.4, 0.5) is 0 Å². The number of rotatable bonds is 7. The Labute approximate surface area is 109 Å². The van der Waals surface area contributed by atoms with Crippen molar-refractivity contribution in [2.45, 2.75) is 50.9 Å². The van der Waals surface area contributed by atoms with Crippen molar-refractivity contribution < 1.29 is 9.47 Å². The van der Waals surface area contributed by atoms with Crippen LogP contribution in [0.5, 0.6) is 5.75 Å². The van der Waals surface area contributed by atoms with Crippen LogP contribution in [0.15, 0.2) is 24.3 Å². The van der Waals surface area contributed by atoms with Crippen molar-refractivity contribution in [2.75, 3.05) is 7.11 Å². The van der Waals surface area contributed by atoms with Gasteiger partial charge in [-0.3, -0.25) is 0 Å². The topological polar surface area (TPSA) is 44.5 Å². The Hall–Kier alpha value is -1.06. The summed E-state index contributed by atoms with van der Waals surface area (Å²) in [5, 5.41) is 0. The summed E-state index contributed by atoms with van der Waals surface area (Å²) in [4.78, 5) is 0. The van der Waals surface area contributed by atoms with Crippen molar-refractivity contribution in [1.29, 1.82) is 0 Å². The van der Waals surface area contributed by atoms with Crippen LogP contribution in [-0.4, -0.2) is 19.3 Å². The third-order valence-electron chi connectivity index (χ3n) is 3.37. The zero-order valence-corrected chi connectivity index (χ0v) is 11.3. The lowest BCUT2D eigenvalue weighted by molar-refractivity contribution is 0.0725. The van der Waals surface area contributed by atoms with Gasteiger partial charge < -0.3 is 15.2 Å². The molecule has 0 amide bonds. The Morgan fingerprint density at radius 2 is 1.94 bits per heavy atom. The lowest BCUT2D eigenvalue weighted by Crippen LogP contribution is -2.27. The highest BCUT2D eigenvalue weighted by Crippen LogP contribution is 2.28. The Morgan fingerprint density at radius 1 is 1.28 bits per heavy atom. The molecule has 1 aliphatic carbocycles. The molecule has 0 aromatic heterocycles. The van der Waals surface area contributed by atoms with Gasteiger partial charge in [-0.25, -0.2) is 0 Å². The summed E-state index contributed by atoms with van der Waals surface area (Å²) in [5.74, 6) is 0.943. The number of ether oxygens (including phenoxy) is 2. The van der Waals surface area contributed by atoms with Gasteiger partial charge in [-0.2, -0.15) is 0 Å². The number of hydrogen-bond donors (Lipinski definition) is 1. The Morgan fingerprint density at radius 3 is 2.44 bits per heavy atom. The zero-order chi connectivity index (χ0) is 13.0. The van der Waals surface area contributed by atoms with Gasteiger partial charge in [0.15, 0.2) is 0 Å². The van der Waals surface area contributed by atoms with Crippen molar-refractivity contribution in [3.05, 3.63) is 29.8 Å². The molecule has 3 nitrogen and oxygen atoms in total. The van der Waals surface area contributed by atoms with Gasteiger partial charge in [0.25, 0.3) is 0 Å². The standard InChI is InChI=1S/C15H23NO2/c1-3-4-14(17-2)15(16)11-5-7-12(8-6-11)18-13-9-10-13/h5-8,13-15H,3-4,9-10,16H2,1-2H3. The van der Waals surface area contributed by atoms with Crippen LogP contribution in [0.3, 0.4) is 0 Å². The van der Waals surface area contributed by atoms with Crippen LogP contribution in [0.2, 0.25) is 0 Å². The molecular weight excluding hydrogens is 226 g/mol. The Kier molecular flexibility index (Phi) is 4.61. The molecule has 0 radical (unpaired) electrons. The molecule has 2 rings (SSSR count). The first-order valence-electron chi connectivity index (χ1n) is 6.79. The van der Waals surface area contributed by atoms with Crippen LogP contribution < -0.4 is 10.5 Å². The molecule has 18 heavy (non-hydrogen) atoms. The van der Waals surface area contributed by atoms with Crippen molar-refractivity contribution >= 4 is 0 Å². The van der Waals surface area contributed by atoms with E-state index in [-0.39, 0.29) is 12.1 Å². The predicted molar refractivity (Wildman–Crippen MR) is 72.7 cm³/mol. The maximum atomic E-state index is 6.23. The normalized spacial score (nSPS) is 18.4.